The van der Waals surface area contributed by atoms with E-state index >= 15 is 0 Å². The van der Waals surface area contributed by atoms with Gasteiger partial charge in [0.1, 0.15) is 10.8 Å². The number of Topliss-reactive ketones (excluding diaryl/α,β-unsaturated/α-hetero) is 1. The van der Waals surface area contributed by atoms with Gasteiger partial charge in [0.05, 0.1) is 5.56 Å². The Hall–Kier alpha value is -2.05. The number of para-hydroxylation sites is 1. The molecule has 0 amide bonds. The van der Waals surface area contributed by atoms with Crippen molar-refractivity contribution in [1.29, 1.82) is 0 Å². The molecule has 0 bridgehead atoms. The number of nitrogens with zero attached hydrogens (tertiary/aromatic N) is 1. The largest absolute Gasteiger partial charge is 0.420 e. The molecular formula is C12H11NO4S. The van der Waals surface area contributed by atoms with Crippen molar-refractivity contribution in [3.8, 4) is 16.3 Å². The minimum Gasteiger partial charge on any atom is -0.420 e. The Kier molecular flexibility index (Phi) is 4.70. The quantitative estimate of drug-likeness (QED) is 0.477. The van der Waals surface area contributed by atoms with Crippen molar-refractivity contribution in [2.24, 2.45) is 0 Å². The first-order valence-corrected chi connectivity index (χ1v) is 5.78. The van der Waals surface area contributed by atoms with Crippen LogP contribution in [0, 0.1) is 0 Å². The molecule has 0 aliphatic carbocycles. The predicted molar refractivity (Wildman–Crippen MR) is 67.5 cm³/mol. The highest BCUT2D eigenvalue weighted by Gasteiger charge is 2.14. The molecule has 0 radical (unpaired) electrons. The van der Waals surface area contributed by atoms with Gasteiger partial charge < -0.3 is 10.2 Å². The number of aromatic nitrogens is 1. The van der Waals surface area contributed by atoms with Gasteiger partial charge in [-0.1, -0.05) is 12.1 Å². The summed E-state index contributed by atoms with van der Waals surface area (Å²) in [4.78, 5) is 26.2. The standard InChI is InChI=1S/C12H9NO3S.H2O/c1-8(14)12(15)16-10-5-3-2-4-9(10)11-13-6-7-17-11;/h2-7H,1H3;1H2. The third kappa shape index (κ3) is 2.99. The highest BCUT2D eigenvalue weighted by molar-refractivity contribution is 7.13. The van der Waals surface area contributed by atoms with Crippen molar-refractivity contribution in [1.82, 2.24) is 4.98 Å². The van der Waals surface area contributed by atoms with Gasteiger partial charge in [0.15, 0.2) is 0 Å². The van der Waals surface area contributed by atoms with Crippen LogP contribution in [0.15, 0.2) is 35.8 Å². The molecule has 2 aromatic rings. The van der Waals surface area contributed by atoms with E-state index in [9.17, 15) is 9.59 Å². The summed E-state index contributed by atoms with van der Waals surface area (Å²) in [5.74, 6) is -1.14. The highest BCUT2D eigenvalue weighted by Crippen LogP contribution is 2.31. The maximum absolute atomic E-state index is 11.2. The minimum absolute atomic E-state index is 0. The van der Waals surface area contributed by atoms with Gasteiger partial charge in [-0.3, -0.25) is 4.79 Å². The first-order valence-electron chi connectivity index (χ1n) is 4.90. The number of ether oxygens (including phenoxy) is 1. The lowest BCUT2D eigenvalue weighted by molar-refractivity contribution is -0.146. The molecule has 6 heteroatoms. The Balaban J connectivity index is 0.00000162. The van der Waals surface area contributed by atoms with Gasteiger partial charge in [0.25, 0.3) is 0 Å². The van der Waals surface area contributed by atoms with Gasteiger partial charge in [0.2, 0.25) is 5.78 Å². The maximum atomic E-state index is 11.2. The zero-order chi connectivity index (χ0) is 12.3. The minimum atomic E-state index is -0.867. The molecule has 2 N–H and O–H groups in total. The summed E-state index contributed by atoms with van der Waals surface area (Å²) >= 11 is 1.44. The van der Waals surface area contributed by atoms with E-state index in [-0.39, 0.29) is 5.48 Å². The molecule has 0 fully saturated rings. The van der Waals surface area contributed by atoms with E-state index in [1.807, 2.05) is 11.4 Å². The number of esters is 1. The zero-order valence-corrected chi connectivity index (χ0v) is 10.4. The molecule has 94 valence electrons. The fraction of sp³-hybridized carbons (Fsp3) is 0.0833. The second-order valence-corrected chi connectivity index (χ2v) is 4.17. The molecule has 0 spiro atoms. The van der Waals surface area contributed by atoms with E-state index in [0.717, 1.165) is 5.01 Å². The van der Waals surface area contributed by atoms with E-state index < -0.39 is 11.8 Å². The van der Waals surface area contributed by atoms with Crippen LogP contribution in [0.1, 0.15) is 6.92 Å². The Morgan fingerprint density at radius 3 is 2.61 bits per heavy atom. The van der Waals surface area contributed by atoms with Gasteiger partial charge in [-0.2, -0.15) is 0 Å². The van der Waals surface area contributed by atoms with Crippen LogP contribution >= 0.6 is 11.3 Å². The van der Waals surface area contributed by atoms with Crippen molar-refractivity contribution >= 4 is 23.1 Å². The fourth-order valence-electron chi connectivity index (χ4n) is 1.26. The maximum Gasteiger partial charge on any atom is 0.379 e. The van der Waals surface area contributed by atoms with Gasteiger partial charge >= 0.3 is 5.97 Å². The van der Waals surface area contributed by atoms with Crippen LogP contribution in [-0.4, -0.2) is 22.2 Å². The Morgan fingerprint density at radius 1 is 1.28 bits per heavy atom. The number of thiazole rings is 1. The summed E-state index contributed by atoms with van der Waals surface area (Å²) in [6.07, 6.45) is 1.67. The average Bonchev–Trinajstić information content (AvgIpc) is 2.83. The Bertz CT molecular complexity index is 551. The van der Waals surface area contributed by atoms with E-state index in [4.69, 9.17) is 4.74 Å². The number of carbonyl (C=O) groups excluding carboxylic acids is 2. The normalized spacial score (nSPS) is 9.39. The van der Waals surface area contributed by atoms with Crippen LogP contribution in [0.3, 0.4) is 0 Å². The van der Waals surface area contributed by atoms with Gasteiger partial charge in [0, 0.05) is 18.5 Å². The van der Waals surface area contributed by atoms with Crippen LogP contribution in [0.4, 0.5) is 0 Å². The van der Waals surface area contributed by atoms with Crippen LogP contribution in [0.5, 0.6) is 5.75 Å². The lowest BCUT2D eigenvalue weighted by atomic mass is 10.2. The number of benzene rings is 1. The summed E-state index contributed by atoms with van der Waals surface area (Å²) in [6, 6.07) is 6.99. The second-order valence-electron chi connectivity index (χ2n) is 3.28. The molecular weight excluding hydrogens is 254 g/mol. The van der Waals surface area contributed by atoms with Crippen LogP contribution in [0.25, 0.3) is 10.6 Å². The molecule has 2 rings (SSSR count). The first-order chi connectivity index (χ1) is 8.18. The van der Waals surface area contributed by atoms with Gasteiger partial charge in [-0.05, 0) is 12.1 Å². The van der Waals surface area contributed by atoms with Crippen molar-refractivity contribution in [2.45, 2.75) is 6.92 Å². The predicted octanol–water partition coefficient (Wildman–Crippen LogP) is 1.48. The van der Waals surface area contributed by atoms with Gasteiger partial charge in [-0.15, -0.1) is 11.3 Å². The smallest absolute Gasteiger partial charge is 0.379 e. The molecule has 0 atom stereocenters. The van der Waals surface area contributed by atoms with Crippen LogP contribution < -0.4 is 4.74 Å². The molecule has 18 heavy (non-hydrogen) atoms. The summed E-state index contributed by atoms with van der Waals surface area (Å²) in [5.41, 5.74) is 0.706. The summed E-state index contributed by atoms with van der Waals surface area (Å²) in [7, 11) is 0. The molecule has 0 unspecified atom stereocenters. The lowest BCUT2D eigenvalue weighted by Crippen LogP contribution is -2.17. The van der Waals surface area contributed by atoms with Crippen LogP contribution in [-0.2, 0) is 9.59 Å². The lowest BCUT2D eigenvalue weighted by Gasteiger charge is -2.06. The van der Waals surface area contributed by atoms with Crippen molar-refractivity contribution in [3.63, 3.8) is 0 Å². The van der Waals surface area contributed by atoms with Gasteiger partial charge in [-0.25, -0.2) is 9.78 Å². The molecule has 1 heterocycles. The number of hydrogen-bond donors (Lipinski definition) is 0. The SMILES string of the molecule is CC(=O)C(=O)Oc1ccccc1-c1nccs1.O. The summed E-state index contributed by atoms with van der Waals surface area (Å²) in [5, 5.41) is 2.58. The third-order valence-corrected chi connectivity index (χ3v) is 2.85. The van der Waals surface area contributed by atoms with Crippen molar-refractivity contribution in [3.05, 3.63) is 35.8 Å². The molecule has 0 aliphatic rings. The Labute approximate surface area is 107 Å². The van der Waals surface area contributed by atoms with E-state index in [0.29, 0.717) is 11.3 Å². The van der Waals surface area contributed by atoms with E-state index in [2.05, 4.69) is 4.98 Å². The molecule has 0 aliphatic heterocycles. The number of carbonyl (C=O) groups is 2. The zero-order valence-electron chi connectivity index (χ0n) is 9.54. The topological polar surface area (TPSA) is 87.8 Å². The Morgan fingerprint density at radius 2 is 2.00 bits per heavy atom. The van der Waals surface area contributed by atoms with Crippen molar-refractivity contribution in [2.75, 3.05) is 0 Å². The molecule has 0 saturated heterocycles. The average molecular weight is 265 g/mol. The third-order valence-electron chi connectivity index (χ3n) is 2.04. The number of rotatable bonds is 3. The molecule has 5 nitrogen and oxygen atoms in total. The van der Waals surface area contributed by atoms with Crippen LogP contribution in [0.2, 0.25) is 0 Å². The van der Waals surface area contributed by atoms with E-state index in [1.54, 1.807) is 24.4 Å². The highest BCUT2D eigenvalue weighted by atomic mass is 32.1. The monoisotopic (exact) mass is 265 g/mol. The number of hydrogen-bond acceptors (Lipinski definition) is 5. The molecule has 1 aromatic carbocycles. The molecule has 1 aromatic heterocycles. The summed E-state index contributed by atoms with van der Waals surface area (Å²) in [6.45, 7) is 1.17. The fourth-order valence-corrected chi connectivity index (χ4v) is 1.93. The van der Waals surface area contributed by atoms with E-state index in [1.165, 1.54) is 18.3 Å². The first kappa shape index (κ1) is 14.0. The van der Waals surface area contributed by atoms with Crippen molar-refractivity contribution < 1.29 is 19.8 Å². The molecule has 0 saturated carbocycles. The second kappa shape index (κ2) is 6.04. The number of ketones is 1. The summed E-state index contributed by atoms with van der Waals surface area (Å²) < 4.78 is 5.01.